The van der Waals surface area contributed by atoms with Crippen LogP contribution < -0.4 is 5.32 Å². The van der Waals surface area contributed by atoms with E-state index in [0.717, 1.165) is 58.7 Å². The van der Waals surface area contributed by atoms with E-state index in [1.165, 1.54) is 12.8 Å². The van der Waals surface area contributed by atoms with Crippen molar-refractivity contribution in [2.45, 2.75) is 44.2 Å². The Labute approximate surface area is 115 Å². The minimum absolute atomic E-state index is 0.264. The summed E-state index contributed by atoms with van der Waals surface area (Å²) in [5.41, 5.74) is 0. The summed E-state index contributed by atoms with van der Waals surface area (Å²) in [5.74, 6) is 0. The fourth-order valence-corrected chi connectivity index (χ4v) is 3.35. The lowest BCUT2D eigenvalue weighted by atomic mass is 10.0. The molecule has 0 aliphatic carbocycles. The van der Waals surface area contributed by atoms with Crippen LogP contribution in [0.3, 0.4) is 0 Å². The van der Waals surface area contributed by atoms with E-state index in [4.69, 9.17) is 4.74 Å². The number of ether oxygens (including phenoxy) is 1. The first-order chi connectivity index (χ1) is 9.33. The van der Waals surface area contributed by atoms with Gasteiger partial charge in [0.1, 0.15) is 0 Å². The second-order valence-electron chi connectivity index (χ2n) is 5.97. The molecule has 0 spiro atoms. The van der Waals surface area contributed by atoms with Crippen LogP contribution in [0.5, 0.6) is 0 Å². The van der Waals surface area contributed by atoms with Crippen molar-refractivity contribution in [1.29, 1.82) is 0 Å². The van der Waals surface area contributed by atoms with E-state index < -0.39 is 0 Å². The number of rotatable bonds is 2. The summed E-state index contributed by atoms with van der Waals surface area (Å²) in [4.78, 5) is 16.3. The van der Waals surface area contributed by atoms with E-state index in [-0.39, 0.29) is 6.03 Å². The van der Waals surface area contributed by atoms with E-state index in [1.54, 1.807) is 0 Å². The Kier molecular flexibility index (Phi) is 4.23. The van der Waals surface area contributed by atoms with Crippen LogP contribution in [0.1, 0.15) is 32.1 Å². The molecule has 3 aliphatic rings. The van der Waals surface area contributed by atoms with Gasteiger partial charge in [-0.3, -0.25) is 0 Å². The number of hydrogen-bond acceptors (Lipinski definition) is 3. The van der Waals surface area contributed by atoms with Crippen LogP contribution in [0.25, 0.3) is 0 Å². The van der Waals surface area contributed by atoms with Crippen molar-refractivity contribution in [1.82, 2.24) is 15.1 Å². The van der Waals surface area contributed by atoms with Crippen LogP contribution in [-0.4, -0.2) is 67.3 Å². The van der Waals surface area contributed by atoms with Gasteiger partial charge in [-0.15, -0.1) is 0 Å². The molecule has 0 aromatic heterocycles. The zero-order valence-electron chi connectivity index (χ0n) is 11.6. The molecule has 108 valence electrons. The van der Waals surface area contributed by atoms with Crippen molar-refractivity contribution >= 4 is 6.03 Å². The molecule has 0 saturated carbocycles. The minimum Gasteiger partial charge on any atom is -0.380 e. The average Bonchev–Trinajstić information content (AvgIpc) is 3.12. The minimum atomic E-state index is 0.264. The number of piperidine rings is 1. The van der Waals surface area contributed by atoms with E-state index in [9.17, 15) is 4.79 Å². The smallest absolute Gasteiger partial charge is 0.319 e. The molecule has 0 aromatic carbocycles. The zero-order valence-corrected chi connectivity index (χ0v) is 11.6. The summed E-state index contributed by atoms with van der Waals surface area (Å²) in [6.07, 6.45) is 5.63. The topological polar surface area (TPSA) is 44.8 Å². The Morgan fingerprint density at radius 1 is 0.947 bits per heavy atom. The van der Waals surface area contributed by atoms with Crippen molar-refractivity contribution in [3.63, 3.8) is 0 Å². The van der Waals surface area contributed by atoms with Crippen molar-refractivity contribution in [2.24, 2.45) is 0 Å². The molecule has 1 N–H and O–H groups in total. The third kappa shape index (κ3) is 3.20. The number of nitrogens with one attached hydrogen (secondary N) is 1. The first-order valence-electron chi connectivity index (χ1n) is 7.70. The first-order valence-corrected chi connectivity index (χ1v) is 7.70. The molecule has 5 heteroatoms. The van der Waals surface area contributed by atoms with Gasteiger partial charge >= 0.3 is 6.03 Å². The van der Waals surface area contributed by atoms with Crippen LogP contribution in [0.2, 0.25) is 0 Å². The van der Waals surface area contributed by atoms with Gasteiger partial charge in [-0.25, -0.2) is 4.79 Å². The molecule has 3 heterocycles. The third-order valence-electron chi connectivity index (χ3n) is 4.54. The highest BCUT2D eigenvalue weighted by Crippen LogP contribution is 2.17. The number of nitrogens with zero attached hydrogens (tertiary/aromatic N) is 2. The molecule has 0 bridgehead atoms. The summed E-state index contributed by atoms with van der Waals surface area (Å²) >= 11 is 0. The SMILES string of the molecule is O=C(N1CCCC1)N1CCC(NC2CCOC2)CC1. The highest BCUT2D eigenvalue weighted by molar-refractivity contribution is 5.74. The van der Waals surface area contributed by atoms with Gasteiger partial charge in [0.05, 0.1) is 6.61 Å². The molecule has 0 aromatic rings. The maximum atomic E-state index is 12.3. The lowest BCUT2D eigenvalue weighted by molar-refractivity contribution is 0.141. The maximum absolute atomic E-state index is 12.3. The second-order valence-corrected chi connectivity index (χ2v) is 5.97. The van der Waals surface area contributed by atoms with Crippen LogP contribution in [0.15, 0.2) is 0 Å². The number of likely N-dealkylation sites (tertiary alicyclic amines) is 2. The second kappa shape index (κ2) is 6.09. The third-order valence-corrected chi connectivity index (χ3v) is 4.54. The normalized spacial score (nSPS) is 29.2. The van der Waals surface area contributed by atoms with Crippen LogP contribution in [-0.2, 0) is 4.74 Å². The monoisotopic (exact) mass is 267 g/mol. The van der Waals surface area contributed by atoms with Gasteiger partial charge in [0.15, 0.2) is 0 Å². The highest BCUT2D eigenvalue weighted by atomic mass is 16.5. The lowest BCUT2D eigenvalue weighted by Gasteiger charge is -2.35. The summed E-state index contributed by atoms with van der Waals surface area (Å²) in [7, 11) is 0. The Bertz CT molecular complexity index is 304. The van der Waals surface area contributed by atoms with Gasteiger partial charge in [0, 0.05) is 44.9 Å². The molecule has 19 heavy (non-hydrogen) atoms. The summed E-state index contributed by atoms with van der Waals surface area (Å²) in [5, 5.41) is 3.67. The van der Waals surface area contributed by atoms with Gasteiger partial charge in [0.25, 0.3) is 0 Å². The van der Waals surface area contributed by atoms with E-state index >= 15 is 0 Å². The number of carbonyl (C=O) groups is 1. The molecule has 1 atom stereocenters. The number of amides is 2. The van der Waals surface area contributed by atoms with Gasteiger partial charge in [0.2, 0.25) is 0 Å². The van der Waals surface area contributed by atoms with Crippen molar-refractivity contribution in [3.8, 4) is 0 Å². The quantitative estimate of drug-likeness (QED) is 0.813. The Balaban J connectivity index is 1.42. The number of urea groups is 1. The first kappa shape index (κ1) is 13.2. The molecule has 1 unspecified atom stereocenters. The number of carbonyl (C=O) groups excluding carboxylic acids is 1. The van der Waals surface area contributed by atoms with Crippen molar-refractivity contribution in [2.75, 3.05) is 39.4 Å². The van der Waals surface area contributed by atoms with Crippen molar-refractivity contribution < 1.29 is 9.53 Å². The predicted molar refractivity (Wildman–Crippen MR) is 73.2 cm³/mol. The number of hydrogen-bond donors (Lipinski definition) is 1. The predicted octanol–water partition coefficient (Wildman–Crippen LogP) is 1.05. The average molecular weight is 267 g/mol. The molecular weight excluding hydrogens is 242 g/mol. The largest absolute Gasteiger partial charge is 0.380 e. The van der Waals surface area contributed by atoms with Crippen molar-refractivity contribution in [3.05, 3.63) is 0 Å². The molecule has 0 radical (unpaired) electrons. The standard InChI is InChI=1S/C14H25N3O2/c18-14(16-6-1-2-7-16)17-8-3-12(4-9-17)15-13-5-10-19-11-13/h12-13,15H,1-11H2. The molecular formula is C14H25N3O2. The summed E-state index contributed by atoms with van der Waals surface area (Å²) < 4.78 is 5.39. The highest BCUT2D eigenvalue weighted by Gasteiger charge is 2.29. The fraction of sp³-hybridized carbons (Fsp3) is 0.929. The lowest BCUT2D eigenvalue weighted by Crippen LogP contribution is -2.50. The fourth-order valence-electron chi connectivity index (χ4n) is 3.35. The zero-order chi connectivity index (χ0) is 13.1. The van der Waals surface area contributed by atoms with Crippen LogP contribution >= 0.6 is 0 Å². The maximum Gasteiger partial charge on any atom is 0.319 e. The molecule has 2 amide bonds. The Morgan fingerprint density at radius 2 is 1.63 bits per heavy atom. The van der Waals surface area contributed by atoms with E-state index in [0.29, 0.717) is 12.1 Å². The van der Waals surface area contributed by atoms with Gasteiger partial charge < -0.3 is 19.9 Å². The molecule has 3 saturated heterocycles. The van der Waals surface area contributed by atoms with Crippen LogP contribution in [0, 0.1) is 0 Å². The molecule has 3 fully saturated rings. The Hall–Kier alpha value is -0.810. The molecule has 3 aliphatic heterocycles. The van der Waals surface area contributed by atoms with E-state index in [1.807, 2.05) is 9.80 Å². The van der Waals surface area contributed by atoms with Crippen LogP contribution in [0.4, 0.5) is 4.79 Å². The van der Waals surface area contributed by atoms with E-state index in [2.05, 4.69) is 5.32 Å². The van der Waals surface area contributed by atoms with Gasteiger partial charge in [-0.2, -0.15) is 0 Å². The summed E-state index contributed by atoms with van der Waals surface area (Å²) in [6.45, 7) is 5.46. The van der Waals surface area contributed by atoms with Gasteiger partial charge in [-0.05, 0) is 32.1 Å². The van der Waals surface area contributed by atoms with Gasteiger partial charge in [-0.1, -0.05) is 0 Å². The summed E-state index contributed by atoms with van der Waals surface area (Å²) in [6, 6.07) is 1.36. The molecule has 3 rings (SSSR count). The Morgan fingerprint density at radius 3 is 2.26 bits per heavy atom. The molecule has 5 nitrogen and oxygen atoms in total.